The highest BCUT2D eigenvalue weighted by Gasteiger charge is 2.25. The molecule has 0 fully saturated rings. The largest absolute Gasteiger partial charge is 0.456 e. The van der Waals surface area contributed by atoms with E-state index >= 15 is 0 Å². The third kappa shape index (κ3) is 4.66. The molecule has 53 heavy (non-hydrogen) atoms. The summed E-state index contributed by atoms with van der Waals surface area (Å²) < 4.78 is 6.60. The third-order valence-corrected chi connectivity index (χ3v) is 10.5. The maximum atomic E-state index is 6.60. The van der Waals surface area contributed by atoms with E-state index in [4.69, 9.17) is 19.4 Å². The van der Waals surface area contributed by atoms with Crippen LogP contribution in [0.4, 0.5) is 0 Å². The van der Waals surface area contributed by atoms with Gasteiger partial charge in [-0.1, -0.05) is 152 Å². The summed E-state index contributed by atoms with van der Waals surface area (Å²) in [5, 5.41) is 4.36. The number of para-hydroxylation sites is 1. The molecule has 4 nitrogen and oxygen atoms in total. The number of benzene rings is 8. The Balaban J connectivity index is 1.20. The van der Waals surface area contributed by atoms with Crippen LogP contribution in [0, 0.1) is 0 Å². The molecule has 4 heteroatoms. The van der Waals surface area contributed by atoms with Crippen molar-refractivity contribution in [3.8, 4) is 78.7 Å². The van der Waals surface area contributed by atoms with Crippen LogP contribution in [0.3, 0.4) is 0 Å². The van der Waals surface area contributed by atoms with Crippen molar-refractivity contribution in [1.82, 2.24) is 15.0 Å². The van der Waals surface area contributed by atoms with Gasteiger partial charge in [0.2, 0.25) is 0 Å². The van der Waals surface area contributed by atoms with E-state index in [1.54, 1.807) is 0 Å². The molecule has 1 aliphatic rings. The highest BCUT2D eigenvalue weighted by atomic mass is 16.3. The fourth-order valence-electron chi connectivity index (χ4n) is 8.13. The van der Waals surface area contributed by atoms with Crippen LogP contribution in [0.2, 0.25) is 0 Å². The van der Waals surface area contributed by atoms with Crippen LogP contribution < -0.4 is 0 Å². The van der Waals surface area contributed by atoms with E-state index in [2.05, 4.69) is 140 Å². The highest BCUT2D eigenvalue weighted by molar-refractivity contribution is 6.18. The Morgan fingerprint density at radius 2 is 0.811 bits per heavy atom. The molecule has 11 rings (SSSR count). The standard InChI is InChI=1S/C49H29N3O/c1-3-14-30(15-4-1)33-18-7-8-19-34(33)32-28-42(46-41-22-11-12-25-43(41)53-44(46)29-32)49-51-47(31-16-5-2-6-17-31)50-48(52-49)40-27-26-39-36-21-10-9-20-35(36)37-23-13-24-38(40)45(37)39/h1-29H. The quantitative estimate of drug-likeness (QED) is 0.182. The second-order valence-electron chi connectivity index (χ2n) is 13.5. The summed E-state index contributed by atoms with van der Waals surface area (Å²) >= 11 is 0. The Morgan fingerprint density at radius 3 is 1.57 bits per heavy atom. The van der Waals surface area contributed by atoms with Crippen molar-refractivity contribution >= 4 is 32.7 Å². The minimum absolute atomic E-state index is 0.594. The first-order valence-corrected chi connectivity index (χ1v) is 17.9. The fraction of sp³-hybridized carbons (Fsp3) is 0. The average molecular weight is 676 g/mol. The van der Waals surface area contributed by atoms with E-state index in [9.17, 15) is 0 Å². The van der Waals surface area contributed by atoms with Gasteiger partial charge >= 0.3 is 0 Å². The van der Waals surface area contributed by atoms with Gasteiger partial charge in [-0.05, 0) is 79.5 Å². The van der Waals surface area contributed by atoms with Crippen LogP contribution in [0.1, 0.15) is 0 Å². The molecule has 0 unspecified atom stereocenters. The number of aromatic nitrogens is 3. The molecule has 10 aromatic rings. The summed E-state index contributed by atoms with van der Waals surface area (Å²) in [6.07, 6.45) is 0. The van der Waals surface area contributed by atoms with Gasteiger partial charge in [0, 0.05) is 27.5 Å². The van der Waals surface area contributed by atoms with Gasteiger partial charge in [0.05, 0.1) is 0 Å². The Labute approximate surface area is 305 Å². The molecule has 0 atom stereocenters. The lowest BCUT2D eigenvalue weighted by Gasteiger charge is -2.14. The van der Waals surface area contributed by atoms with Crippen LogP contribution >= 0.6 is 0 Å². The molecule has 2 heterocycles. The molecular formula is C49H29N3O. The van der Waals surface area contributed by atoms with Gasteiger partial charge in [0.1, 0.15) is 11.2 Å². The first-order chi connectivity index (χ1) is 26.3. The number of rotatable bonds is 5. The van der Waals surface area contributed by atoms with Gasteiger partial charge < -0.3 is 4.42 Å². The topological polar surface area (TPSA) is 51.8 Å². The Kier molecular flexibility index (Phi) is 6.52. The van der Waals surface area contributed by atoms with Gasteiger partial charge in [-0.2, -0.15) is 0 Å². The molecule has 0 N–H and O–H groups in total. The highest BCUT2D eigenvalue weighted by Crippen LogP contribution is 2.49. The number of fused-ring (bicyclic) bond motifs is 6. The van der Waals surface area contributed by atoms with Crippen molar-refractivity contribution in [2.45, 2.75) is 0 Å². The molecule has 0 radical (unpaired) electrons. The zero-order valence-corrected chi connectivity index (χ0v) is 28.5. The van der Waals surface area contributed by atoms with Gasteiger partial charge in [-0.25, -0.2) is 15.0 Å². The van der Waals surface area contributed by atoms with E-state index in [0.29, 0.717) is 17.5 Å². The monoisotopic (exact) mass is 675 g/mol. The normalized spacial score (nSPS) is 11.8. The van der Waals surface area contributed by atoms with Crippen LogP contribution in [-0.4, -0.2) is 15.0 Å². The minimum atomic E-state index is 0.594. The number of hydrogen-bond acceptors (Lipinski definition) is 4. The average Bonchev–Trinajstić information content (AvgIpc) is 3.78. The van der Waals surface area contributed by atoms with E-state index in [0.717, 1.165) is 66.3 Å². The maximum Gasteiger partial charge on any atom is 0.164 e. The first-order valence-electron chi connectivity index (χ1n) is 17.9. The van der Waals surface area contributed by atoms with Gasteiger partial charge in [-0.15, -0.1) is 0 Å². The molecule has 0 amide bonds. The SMILES string of the molecule is c1ccc(-c2nc(-c3ccc4c5c(cccc35)-c3ccccc3-4)nc(-c3cc(-c4ccccc4-c4ccccc4)cc4oc5ccccc5c34)n2)cc1. The van der Waals surface area contributed by atoms with E-state index < -0.39 is 0 Å². The van der Waals surface area contributed by atoms with Crippen molar-refractivity contribution in [2.75, 3.05) is 0 Å². The molecule has 0 aliphatic heterocycles. The smallest absolute Gasteiger partial charge is 0.164 e. The molecule has 0 saturated carbocycles. The lowest BCUT2D eigenvalue weighted by Crippen LogP contribution is -2.01. The molecule has 2 aromatic heterocycles. The second-order valence-corrected chi connectivity index (χ2v) is 13.5. The number of furan rings is 1. The van der Waals surface area contributed by atoms with E-state index in [-0.39, 0.29) is 0 Å². The van der Waals surface area contributed by atoms with E-state index in [1.165, 1.54) is 27.6 Å². The predicted octanol–water partition coefficient (Wildman–Crippen LogP) is 12.9. The third-order valence-electron chi connectivity index (χ3n) is 10.5. The lowest BCUT2D eigenvalue weighted by atomic mass is 9.92. The summed E-state index contributed by atoms with van der Waals surface area (Å²) in [5.74, 6) is 1.84. The summed E-state index contributed by atoms with van der Waals surface area (Å²) in [7, 11) is 0. The van der Waals surface area contributed by atoms with E-state index in [1.807, 2.05) is 36.4 Å². The maximum absolute atomic E-state index is 6.60. The number of hydrogen-bond donors (Lipinski definition) is 0. The summed E-state index contributed by atoms with van der Waals surface area (Å²) in [4.78, 5) is 15.8. The summed E-state index contributed by atoms with van der Waals surface area (Å²) in [6, 6.07) is 61.4. The molecule has 246 valence electrons. The first kappa shape index (κ1) is 29.5. The Hall–Kier alpha value is -7.17. The van der Waals surface area contributed by atoms with Crippen molar-refractivity contribution in [3.05, 3.63) is 176 Å². The van der Waals surface area contributed by atoms with Crippen molar-refractivity contribution in [2.24, 2.45) is 0 Å². The van der Waals surface area contributed by atoms with Crippen LogP contribution in [0.25, 0.3) is 111 Å². The van der Waals surface area contributed by atoms with Gasteiger partial charge in [0.25, 0.3) is 0 Å². The van der Waals surface area contributed by atoms with Crippen molar-refractivity contribution in [3.63, 3.8) is 0 Å². The zero-order valence-electron chi connectivity index (χ0n) is 28.5. The number of nitrogens with zero attached hydrogens (tertiary/aromatic N) is 3. The summed E-state index contributed by atoms with van der Waals surface area (Å²) in [5.41, 5.74) is 13.8. The lowest BCUT2D eigenvalue weighted by molar-refractivity contribution is 0.669. The second kappa shape index (κ2) is 11.7. The van der Waals surface area contributed by atoms with Crippen LogP contribution in [0.15, 0.2) is 180 Å². The molecule has 8 aromatic carbocycles. The Bertz CT molecular complexity index is 3030. The minimum Gasteiger partial charge on any atom is -0.456 e. The molecular weight excluding hydrogens is 647 g/mol. The van der Waals surface area contributed by atoms with Crippen molar-refractivity contribution in [1.29, 1.82) is 0 Å². The van der Waals surface area contributed by atoms with Crippen molar-refractivity contribution < 1.29 is 4.42 Å². The van der Waals surface area contributed by atoms with Gasteiger partial charge in [-0.3, -0.25) is 0 Å². The molecule has 0 saturated heterocycles. The van der Waals surface area contributed by atoms with Gasteiger partial charge in [0.15, 0.2) is 17.5 Å². The fourth-order valence-corrected chi connectivity index (χ4v) is 8.13. The van der Waals surface area contributed by atoms with Crippen LogP contribution in [0.5, 0.6) is 0 Å². The Morgan fingerprint density at radius 1 is 0.283 bits per heavy atom. The molecule has 0 spiro atoms. The molecule has 1 aliphatic carbocycles. The summed E-state index contributed by atoms with van der Waals surface area (Å²) in [6.45, 7) is 0. The van der Waals surface area contributed by atoms with Crippen LogP contribution in [-0.2, 0) is 0 Å². The zero-order chi connectivity index (χ0) is 34.9. The molecule has 0 bridgehead atoms. The predicted molar refractivity (Wildman–Crippen MR) is 216 cm³/mol.